The van der Waals surface area contributed by atoms with Crippen LogP contribution in [0.3, 0.4) is 0 Å². The van der Waals surface area contributed by atoms with E-state index in [0.29, 0.717) is 0 Å². The minimum absolute atomic E-state index is 0.258. The second-order valence-corrected chi connectivity index (χ2v) is 4.56. The van der Waals surface area contributed by atoms with E-state index in [2.05, 4.69) is 26.8 Å². The predicted molar refractivity (Wildman–Crippen MR) is 57.6 cm³/mol. The minimum Gasteiger partial charge on any atom is -0.118 e. The number of benzene rings is 1. The Morgan fingerprint density at radius 2 is 1.92 bits per heavy atom. The molecule has 0 saturated carbocycles. The van der Waals surface area contributed by atoms with E-state index in [9.17, 15) is 0 Å². The van der Waals surface area contributed by atoms with Gasteiger partial charge in [-0.05, 0) is 61.4 Å². The summed E-state index contributed by atoms with van der Waals surface area (Å²) in [6, 6.07) is 2.28. The Kier molecular flexibility index (Phi) is 2.11. The van der Waals surface area contributed by atoms with Crippen LogP contribution in [0.5, 0.6) is 0 Å². The fourth-order valence-electron chi connectivity index (χ4n) is 2.34. The first-order chi connectivity index (χ1) is 6.11. The first-order valence-electron chi connectivity index (χ1n) is 4.85. The Morgan fingerprint density at radius 3 is 2.62 bits per heavy atom. The lowest BCUT2D eigenvalue weighted by Gasteiger charge is -2.12. The molecule has 0 aliphatic heterocycles. The van der Waals surface area contributed by atoms with Gasteiger partial charge in [0.1, 0.15) is 0 Å². The maximum Gasteiger partial charge on any atom is 0.0593 e. The molecule has 0 heterocycles. The van der Waals surface area contributed by atoms with E-state index in [4.69, 9.17) is 11.6 Å². The molecule has 1 aliphatic carbocycles. The Hall–Kier alpha value is -0.490. The van der Waals surface area contributed by atoms with Crippen LogP contribution in [-0.4, -0.2) is 0 Å². The smallest absolute Gasteiger partial charge is 0.0593 e. The van der Waals surface area contributed by atoms with E-state index in [1.165, 1.54) is 27.8 Å². The second-order valence-electron chi connectivity index (χ2n) is 4.03. The first kappa shape index (κ1) is 9.08. The van der Waals surface area contributed by atoms with Gasteiger partial charge in [-0.3, -0.25) is 0 Å². The zero-order valence-corrected chi connectivity index (χ0v) is 9.20. The number of fused-ring (bicyclic) bond motifs is 1. The average molecular weight is 195 g/mol. The molecule has 2 rings (SSSR count). The average Bonchev–Trinajstić information content (AvgIpc) is 2.44. The van der Waals surface area contributed by atoms with Crippen LogP contribution in [0.25, 0.3) is 0 Å². The molecule has 1 aliphatic rings. The molecule has 1 aromatic rings. The van der Waals surface area contributed by atoms with Crippen molar-refractivity contribution in [1.29, 1.82) is 0 Å². The predicted octanol–water partition coefficient (Wildman–Crippen LogP) is 3.84. The highest BCUT2D eigenvalue weighted by molar-refractivity contribution is 6.21. The largest absolute Gasteiger partial charge is 0.118 e. The van der Waals surface area contributed by atoms with Crippen LogP contribution in [0.15, 0.2) is 6.07 Å². The molecule has 0 spiro atoms. The van der Waals surface area contributed by atoms with Crippen molar-refractivity contribution in [3.8, 4) is 0 Å². The van der Waals surface area contributed by atoms with Gasteiger partial charge in [0.15, 0.2) is 0 Å². The van der Waals surface area contributed by atoms with E-state index in [1.807, 2.05) is 0 Å². The topological polar surface area (TPSA) is 0 Å². The summed E-state index contributed by atoms with van der Waals surface area (Å²) in [5, 5.41) is 0.258. The quantitative estimate of drug-likeness (QED) is 0.551. The maximum atomic E-state index is 6.29. The molecule has 1 atom stereocenters. The molecule has 0 amide bonds. The molecule has 70 valence electrons. The summed E-state index contributed by atoms with van der Waals surface area (Å²) < 4.78 is 0. The Bertz CT molecular complexity index is 353. The lowest BCUT2D eigenvalue weighted by Crippen LogP contribution is -1.95. The van der Waals surface area contributed by atoms with Crippen molar-refractivity contribution in [2.75, 3.05) is 0 Å². The number of alkyl halides is 1. The number of aryl methyl sites for hydroxylation is 2. The molecule has 0 fully saturated rings. The third-order valence-corrected chi connectivity index (χ3v) is 3.63. The molecule has 0 nitrogen and oxygen atoms in total. The third-order valence-electron chi connectivity index (χ3n) is 3.19. The number of rotatable bonds is 0. The monoisotopic (exact) mass is 194 g/mol. The van der Waals surface area contributed by atoms with Crippen LogP contribution < -0.4 is 0 Å². The van der Waals surface area contributed by atoms with Crippen molar-refractivity contribution in [2.24, 2.45) is 0 Å². The van der Waals surface area contributed by atoms with Crippen LogP contribution in [-0.2, 0) is 6.42 Å². The van der Waals surface area contributed by atoms with Crippen LogP contribution in [0, 0.1) is 20.8 Å². The Labute approximate surface area is 84.9 Å². The van der Waals surface area contributed by atoms with Crippen molar-refractivity contribution in [3.63, 3.8) is 0 Å². The maximum absolute atomic E-state index is 6.29. The highest BCUT2D eigenvalue weighted by Crippen LogP contribution is 2.40. The highest BCUT2D eigenvalue weighted by atomic mass is 35.5. The van der Waals surface area contributed by atoms with Gasteiger partial charge in [-0.25, -0.2) is 0 Å². The summed E-state index contributed by atoms with van der Waals surface area (Å²) in [4.78, 5) is 0. The molecule has 13 heavy (non-hydrogen) atoms. The molecule has 1 unspecified atom stereocenters. The molecule has 0 bridgehead atoms. The minimum atomic E-state index is 0.258. The molecule has 1 heteroatoms. The summed E-state index contributed by atoms with van der Waals surface area (Å²) in [6.45, 7) is 6.55. The van der Waals surface area contributed by atoms with E-state index in [1.54, 1.807) is 0 Å². The van der Waals surface area contributed by atoms with Crippen LogP contribution in [0.1, 0.15) is 39.6 Å². The van der Waals surface area contributed by atoms with Crippen molar-refractivity contribution in [3.05, 3.63) is 33.9 Å². The molecule has 0 N–H and O–H groups in total. The summed E-state index contributed by atoms with van der Waals surface area (Å²) in [6.07, 6.45) is 2.28. The fraction of sp³-hybridized carbons (Fsp3) is 0.500. The third kappa shape index (κ3) is 1.28. The van der Waals surface area contributed by atoms with Crippen LogP contribution >= 0.6 is 11.6 Å². The van der Waals surface area contributed by atoms with Gasteiger partial charge in [-0.15, -0.1) is 11.6 Å². The summed E-state index contributed by atoms with van der Waals surface area (Å²) in [7, 11) is 0. The zero-order valence-electron chi connectivity index (χ0n) is 8.45. The Morgan fingerprint density at radius 1 is 1.23 bits per heavy atom. The van der Waals surface area contributed by atoms with Gasteiger partial charge in [-0.1, -0.05) is 6.07 Å². The van der Waals surface area contributed by atoms with Crippen molar-refractivity contribution >= 4 is 11.6 Å². The molecule has 1 aromatic carbocycles. The van der Waals surface area contributed by atoms with Crippen LogP contribution in [0.4, 0.5) is 0 Å². The number of hydrogen-bond donors (Lipinski definition) is 0. The summed E-state index contributed by atoms with van der Waals surface area (Å²) >= 11 is 6.29. The molecule has 0 saturated heterocycles. The van der Waals surface area contributed by atoms with Gasteiger partial charge in [0.25, 0.3) is 0 Å². The first-order valence-corrected chi connectivity index (χ1v) is 5.28. The zero-order chi connectivity index (χ0) is 9.59. The van der Waals surface area contributed by atoms with E-state index < -0.39 is 0 Å². The summed E-state index contributed by atoms with van der Waals surface area (Å²) in [5.74, 6) is 0. The second kappa shape index (κ2) is 3.02. The van der Waals surface area contributed by atoms with Gasteiger partial charge in [0, 0.05) is 0 Å². The van der Waals surface area contributed by atoms with Gasteiger partial charge in [0.05, 0.1) is 5.38 Å². The van der Waals surface area contributed by atoms with Gasteiger partial charge >= 0.3 is 0 Å². The molecule has 0 radical (unpaired) electrons. The van der Waals surface area contributed by atoms with E-state index >= 15 is 0 Å². The van der Waals surface area contributed by atoms with Gasteiger partial charge in [0.2, 0.25) is 0 Å². The lowest BCUT2D eigenvalue weighted by molar-refractivity contribution is 0.877. The van der Waals surface area contributed by atoms with Crippen molar-refractivity contribution in [1.82, 2.24) is 0 Å². The van der Waals surface area contributed by atoms with E-state index in [0.717, 1.165) is 12.8 Å². The molecule has 0 aromatic heterocycles. The van der Waals surface area contributed by atoms with Crippen molar-refractivity contribution in [2.45, 2.75) is 39.0 Å². The number of hydrogen-bond acceptors (Lipinski definition) is 0. The highest BCUT2D eigenvalue weighted by Gasteiger charge is 2.24. The van der Waals surface area contributed by atoms with Crippen molar-refractivity contribution < 1.29 is 0 Å². The summed E-state index contributed by atoms with van der Waals surface area (Å²) in [5.41, 5.74) is 7.12. The lowest BCUT2D eigenvalue weighted by atomic mass is 9.95. The normalized spacial score (nSPS) is 20.5. The van der Waals surface area contributed by atoms with Crippen LogP contribution in [0.2, 0.25) is 0 Å². The van der Waals surface area contributed by atoms with E-state index in [-0.39, 0.29) is 5.38 Å². The standard InChI is InChI=1S/C12H15Cl/c1-7-6-8(2)10-4-5-11(13)12(10)9(7)3/h6,11H,4-5H2,1-3H3. The SMILES string of the molecule is Cc1cc(C)c2c(c1C)C(Cl)CC2. The fourth-order valence-corrected chi connectivity index (χ4v) is 2.75. The van der Waals surface area contributed by atoms with Gasteiger partial charge < -0.3 is 0 Å². The molecular formula is C12H15Cl. The Balaban J connectivity index is 2.70. The van der Waals surface area contributed by atoms with Gasteiger partial charge in [-0.2, -0.15) is 0 Å². The molecular weight excluding hydrogens is 180 g/mol. The number of halogens is 1.